The molecular formula is C21H29N5OS. The van der Waals surface area contributed by atoms with E-state index >= 15 is 0 Å². The summed E-state index contributed by atoms with van der Waals surface area (Å²) < 4.78 is 0. The van der Waals surface area contributed by atoms with Gasteiger partial charge in [-0.15, -0.1) is 11.3 Å². The first kappa shape index (κ1) is 18.3. The molecule has 2 heterocycles. The maximum atomic E-state index is 12.6. The molecule has 3 fully saturated rings. The molecule has 7 heteroatoms. The van der Waals surface area contributed by atoms with Crippen molar-refractivity contribution in [3.63, 3.8) is 0 Å². The van der Waals surface area contributed by atoms with Crippen LogP contribution in [0.4, 0.5) is 5.82 Å². The molecule has 3 aliphatic carbocycles. The van der Waals surface area contributed by atoms with Gasteiger partial charge in [0.1, 0.15) is 16.7 Å². The van der Waals surface area contributed by atoms with Crippen molar-refractivity contribution >= 4 is 33.4 Å². The first-order chi connectivity index (χ1) is 13.8. The molecule has 0 aliphatic heterocycles. The highest BCUT2D eigenvalue weighted by Gasteiger charge is 2.42. The first-order valence-corrected chi connectivity index (χ1v) is 11.7. The number of hydrogen-bond donors (Lipinski definition) is 2. The van der Waals surface area contributed by atoms with Crippen LogP contribution in [0.5, 0.6) is 0 Å². The predicted molar refractivity (Wildman–Crippen MR) is 111 cm³/mol. The summed E-state index contributed by atoms with van der Waals surface area (Å²) in [5, 5.41) is 6.89. The number of carbonyl (C=O) groups is 1. The van der Waals surface area contributed by atoms with Gasteiger partial charge in [0.2, 0.25) is 5.91 Å². The third kappa shape index (κ3) is 4.14. The third-order valence-corrected chi connectivity index (χ3v) is 7.54. The molecule has 3 saturated carbocycles. The summed E-state index contributed by atoms with van der Waals surface area (Å²) in [5.41, 5.74) is 2.68. The van der Waals surface area contributed by atoms with E-state index in [0.29, 0.717) is 17.9 Å². The Hall–Kier alpha value is -1.76. The van der Waals surface area contributed by atoms with Gasteiger partial charge in [-0.1, -0.05) is 12.8 Å². The lowest BCUT2D eigenvalue weighted by atomic mass is 9.84. The number of nitrogens with one attached hydrogen (secondary N) is 2. The second-order valence-electron chi connectivity index (χ2n) is 8.87. The van der Waals surface area contributed by atoms with Gasteiger partial charge in [-0.3, -0.25) is 4.79 Å². The first-order valence-electron chi connectivity index (χ1n) is 10.9. The van der Waals surface area contributed by atoms with Gasteiger partial charge in [-0.2, -0.15) is 0 Å². The standard InChI is InChI=1S/C21H29N5OS/c27-18(9-16(13-5-6-13)14-7-8-14)22-10-15-3-1-2-4-17(15)26-20-19-21(24-11-23-20)28-12-25-19/h11-17H,1-10H2,(H,22,27)(H,23,24,26). The second-order valence-corrected chi connectivity index (χ2v) is 9.70. The number of hydrogen-bond acceptors (Lipinski definition) is 6. The molecule has 0 radical (unpaired) electrons. The van der Waals surface area contributed by atoms with E-state index in [9.17, 15) is 4.79 Å². The van der Waals surface area contributed by atoms with Crippen LogP contribution in [0.25, 0.3) is 10.3 Å². The number of anilines is 1. The summed E-state index contributed by atoms with van der Waals surface area (Å²) in [6, 6.07) is 0.330. The lowest BCUT2D eigenvalue weighted by molar-refractivity contribution is -0.122. The van der Waals surface area contributed by atoms with Crippen molar-refractivity contribution in [1.82, 2.24) is 20.3 Å². The van der Waals surface area contributed by atoms with Crippen molar-refractivity contribution < 1.29 is 4.79 Å². The van der Waals surface area contributed by atoms with Gasteiger partial charge >= 0.3 is 0 Å². The average molecular weight is 400 g/mol. The fraction of sp³-hybridized carbons (Fsp3) is 0.714. The Balaban J connectivity index is 1.18. The Kier molecular flexibility index (Phi) is 5.18. The monoisotopic (exact) mass is 399 g/mol. The predicted octanol–water partition coefficient (Wildman–Crippen LogP) is 4.00. The molecule has 0 saturated heterocycles. The molecular weight excluding hydrogens is 370 g/mol. The molecule has 5 rings (SSSR count). The molecule has 2 N–H and O–H groups in total. The number of rotatable bonds is 8. The Morgan fingerprint density at radius 1 is 1.07 bits per heavy atom. The molecule has 0 spiro atoms. The van der Waals surface area contributed by atoms with Crippen LogP contribution in [0.15, 0.2) is 11.8 Å². The minimum Gasteiger partial charge on any atom is -0.365 e. The van der Waals surface area contributed by atoms with Gasteiger partial charge in [0.25, 0.3) is 0 Å². The van der Waals surface area contributed by atoms with Crippen LogP contribution in [0, 0.1) is 23.7 Å². The molecule has 1 amide bonds. The molecule has 28 heavy (non-hydrogen) atoms. The molecule has 2 aromatic rings. The lowest BCUT2D eigenvalue weighted by Gasteiger charge is -2.33. The smallest absolute Gasteiger partial charge is 0.220 e. The molecule has 0 bridgehead atoms. The van der Waals surface area contributed by atoms with E-state index in [1.54, 1.807) is 6.33 Å². The minimum atomic E-state index is 0.261. The highest BCUT2D eigenvalue weighted by molar-refractivity contribution is 7.16. The quantitative estimate of drug-likeness (QED) is 0.701. The topological polar surface area (TPSA) is 79.8 Å². The normalized spacial score (nSPS) is 25.2. The molecule has 0 aromatic carbocycles. The van der Waals surface area contributed by atoms with Crippen LogP contribution in [0.3, 0.4) is 0 Å². The van der Waals surface area contributed by atoms with Gasteiger partial charge in [-0.05, 0) is 62.2 Å². The SMILES string of the molecule is O=C(CC(C1CC1)C1CC1)NCC1CCCCC1Nc1ncnc2scnc12. The summed E-state index contributed by atoms with van der Waals surface area (Å²) in [7, 11) is 0. The lowest BCUT2D eigenvalue weighted by Crippen LogP contribution is -2.41. The molecule has 150 valence electrons. The summed E-state index contributed by atoms with van der Waals surface area (Å²) in [5.74, 6) is 3.86. The summed E-state index contributed by atoms with van der Waals surface area (Å²) in [4.78, 5) is 26.7. The Labute approximate surface area is 169 Å². The molecule has 2 unspecified atom stereocenters. The molecule has 2 atom stereocenters. The van der Waals surface area contributed by atoms with Gasteiger partial charge < -0.3 is 10.6 Å². The fourth-order valence-electron chi connectivity index (χ4n) is 4.92. The zero-order valence-corrected chi connectivity index (χ0v) is 17.1. The maximum Gasteiger partial charge on any atom is 0.220 e. The zero-order valence-electron chi connectivity index (χ0n) is 16.3. The Morgan fingerprint density at radius 3 is 2.64 bits per heavy atom. The van der Waals surface area contributed by atoms with E-state index in [1.165, 1.54) is 49.9 Å². The highest BCUT2D eigenvalue weighted by Crippen LogP contribution is 2.50. The van der Waals surface area contributed by atoms with Crippen molar-refractivity contribution in [1.29, 1.82) is 0 Å². The average Bonchev–Trinajstić information content (AvgIpc) is 3.64. The number of aromatic nitrogens is 3. The van der Waals surface area contributed by atoms with Crippen molar-refractivity contribution in [2.24, 2.45) is 23.7 Å². The summed E-state index contributed by atoms with van der Waals surface area (Å²) in [6.45, 7) is 0.768. The van der Waals surface area contributed by atoms with Crippen LogP contribution >= 0.6 is 11.3 Å². The Bertz CT molecular complexity index is 819. The molecule has 3 aliphatic rings. The van der Waals surface area contributed by atoms with Crippen LogP contribution in [0.1, 0.15) is 57.8 Å². The van der Waals surface area contributed by atoms with Crippen molar-refractivity contribution in [2.75, 3.05) is 11.9 Å². The van der Waals surface area contributed by atoms with E-state index < -0.39 is 0 Å². The van der Waals surface area contributed by atoms with E-state index in [2.05, 4.69) is 25.6 Å². The van der Waals surface area contributed by atoms with Gasteiger partial charge in [0.15, 0.2) is 5.82 Å². The second kappa shape index (κ2) is 7.93. The summed E-state index contributed by atoms with van der Waals surface area (Å²) >= 11 is 1.54. The van der Waals surface area contributed by atoms with Crippen molar-refractivity contribution in [3.8, 4) is 0 Å². The zero-order chi connectivity index (χ0) is 18.9. The van der Waals surface area contributed by atoms with Crippen LogP contribution in [-0.4, -0.2) is 33.4 Å². The van der Waals surface area contributed by atoms with Gasteiger partial charge in [0, 0.05) is 19.0 Å². The maximum absolute atomic E-state index is 12.6. The van der Waals surface area contributed by atoms with E-state index in [1.807, 2.05) is 5.51 Å². The van der Waals surface area contributed by atoms with E-state index in [4.69, 9.17) is 0 Å². The Morgan fingerprint density at radius 2 is 1.86 bits per heavy atom. The van der Waals surface area contributed by atoms with Crippen molar-refractivity contribution in [3.05, 3.63) is 11.8 Å². The van der Waals surface area contributed by atoms with E-state index in [0.717, 1.165) is 53.8 Å². The molecule has 2 aromatic heterocycles. The van der Waals surface area contributed by atoms with Crippen LogP contribution in [-0.2, 0) is 4.79 Å². The van der Waals surface area contributed by atoms with Gasteiger partial charge in [0.05, 0.1) is 5.51 Å². The third-order valence-electron chi connectivity index (χ3n) is 6.80. The van der Waals surface area contributed by atoms with Crippen molar-refractivity contribution in [2.45, 2.75) is 63.8 Å². The number of nitrogens with zero attached hydrogens (tertiary/aromatic N) is 3. The fourth-order valence-corrected chi connectivity index (χ4v) is 5.54. The minimum absolute atomic E-state index is 0.261. The van der Waals surface area contributed by atoms with Gasteiger partial charge in [-0.25, -0.2) is 15.0 Å². The highest BCUT2D eigenvalue weighted by atomic mass is 32.1. The molecule has 6 nitrogen and oxygen atoms in total. The number of carbonyl (C=O) groups excluding carboxylic acids is 1. The number of fused-ring (bicyclic) bond motifs is 1. The van der Waals surface area contributed by atoms with Crippen LogP contribution in [0.2, 0.25) is 0 Å². The van der Waals surface area contributed by atoms with Crippen LogP contribution < -0.4 is 10.6 Å². The number of amides is 1. The summed E-state index contributed by atoms with van der Waals surface area (Å²) in [6.07, 6.45) is 12.4. The largest absolute Gasteiger partial charge is 0.365 e. The number of thiazole rings is 1. The van der Waals surface area contributed by atoms with E-state index in [-0.39, 0.29) is 5.91 Å².